The maximum absolute atomic E-state index is 12.3. The Kier molecular flexibility index (Phi) is 7.12. The molecular formula is C17H18N2O7S2. The number of benzene rings is 1. The van der Waals surface area contributed by atoms with E-state index < -0.39 is 33.5 Å². The Labute approximate surface area is 165 Å². The first-order valence-corrected chi connectivity index (χ1v) is 10.4. The summed E-state index contributed by atoms with van der Waals surface area (Å²) in [6.07, 6.45) is -1.23. The monoisotopic (exact) mass is 426 g/mol. The van der Waals surface area contributed by atoms with Crippen LogP contribution < -0.4 is 15.4 Å². The molecule has 0 saturated carbocycles. The number of ether oxygens (including phenoxy) is 2. The predicted molar refractivity (Wildman–Crippen MR) is 102 cm³/mol. The van der Waals surface area contributed by atoms with Gasteiger partial charge in [-0.25, -0.2) is 13.2 Å². The van der Waals surface area contributed by atoms with Gasteiger partial charge in [-0.1, -0.05) is 0 Å². The van der Waals surface area contributed by atoms with Crippen LogP contribution in [0.2, 0.25) is 0 Å². The van der Waals surface area contributed by atoms with Crippen LogP contribution in [0.3, 0.4) is 0 Å². The van der Waals surface area contributed by atoms with Crippen LogP contribution >= 0.6 is 11.3 Å². The van der Waals surface area contributed by atoms with Gasteiger partial charge in [-0.15, -0.1) is 11.3 Å². The van der Waals surface area contributed by atoms with E-state index in [0.717, 1.165) is 18.4 Å². The summed E-state index contributed by atoms with van der Waals surface area (Å²) in [5, 5.41) is 6.22. The number of thiophene rings is 1. The third-order valence-electron chi connectivity index (χ3n) is 3.58. The van der Waals surface area contributed by atoms with Gasteiger partial charge in [0, 0.05) is 6.42 Å². The van der Waals surface area contributed by atoms with Crippen LogP contribution in [0.15, 0.2) is 40.6 Å². The molecule has 3 amide bonds. The van der Waals surface area contributed by atoms with E-state index in [-0.39, 0.29) is 21.9 Å². The second-order valence-electron chi connectivity index (χ2n) is 5.40. The van der Waals surface area contributed by atoms with Crippen molar-refractivity contribution in [2.75, 3.05) is 25.3 Å². The fraction of sp³-hybridized carbons (Fsp3) is 0.235. The number of rotatable bonds is 7. The number of hydrogen-bond acceptors (Lipinski definition) is 8. The Morgan fingerprint density at radius 1 is 1.07 bits per heavy atom. The first kappa shape index (κ1) is 21.4. The van der Waals surface area contributed by atoms with E-state index in [4.69, 9.17) is 4.74 Å². The maximum Gasteiger partial charge on any atom is 0.413 e. The molecule has 0 fully saturated rings. The highest BCUT2D eigenvalue weighted by Crippen LogP contribution is 2.24. The molecule has 9 nitrogen and oxygen atoms in total. The molecule has 150 valence electrons. The lowest BCUT2D eigenvalue weighted by atomic mass is 10.3. The number of alkyl carbamates (subject to hydrolysis) is 1. The summed E-state index contributed by atoms with van der Waals surface area (Å²) in [7, 11) is -1.07. The third kappa shape index (κ3) is 5.54. The van der Waals surface area contributed by atoms with Crippen LogP contribution in [0.25, 0.3) is 0 Å². The Balaban J connectivity index is 1.98. The Morgan fingerprint density at radius 3 is 2.36 bits per heavy atom. The normalized spacial score (nSPS) is 10.8. The molecule has 1 heterocycles. The summed E-state index contributed by atoms with van der Waals surface area (Å²) >= 11 is 1.07. The van der Waals surface area contributed by atoms with E-state index in [1.54, 1.807) is 5.38 Å². The van der Waals surface area contributed by atoms with Gasteiger partial charge >= 0.3 is 6.09 Å². The molecule has 0 saturated heterocycles. The number of nitrogens with one attached hydrogen (secondary N) is 2. The minimum absolute atomic E-state index is 0.0711. The molecule has 2 aromatic rings. The smallest absolute Gasteiger partial charge is 0.413 e. The number of imide groups is 1. The third-order valence-corrected chi connectivity index (χ3v) is 6.14. The predicted octanol–water partition coefficient (Wildman–Crippen LogP) is 2.06. The largest absolute Gasteiger partial charge is 0.497 e. The first-order chi connectivity index (χ1) is 13.3. The summed E-state index contributed by atoms with van der Waals surface area (Å²) < 4.78 is 34.0. The molecule has 0 aliphatic heterocycles. The van der Waals surface area contributed by atoms with Crippen LogP contribution in [0.1, 0.15) is 16.8 Å². The average Bonchev–Trinajstić information content (AvgIpc) is 3.14. The number of carbonyl (C=O) groups excluding carboxylic acids is 3. The quantitative estimate of drug-likeness (QED) is 0.693. The molecule has 0 aliphatic carbocycles. The summed E-state index contributed by atoms with van der Waals surface area (Å²) in [6, 6.07) is 7.27. The Bertz CT molecular complexity index is 966. The molecule has 2 N–H and O–H groups in total. The van der Waals surface area contributed by atoms with E-state index in [2.05, 4.69) is 10.1 Å². The van der Waals surface area contributed by atoms with Crippen molar-refractivity contribution in [3.05, 3.63) is 41.3 Å². The second-order valence-corrected chi connectivity index (χ2v) is 8.43. The van der Waals surface area contributed by atoms with Crippen LogP contribution in [-0.2, 0) is 19.4 Å². The van der Waals surface area contributed by atoms with E-state index >= 15 is 0 Å². The van der Waals surface area contributed by atoms with Gasteiger partial charge in [0.1, 0.15) is 10.8 Å². The summed E-state index contributed by atoms with van der Waals surface area (Å²) in [4.78, 5) is 35.3. The van der Waals surface area contributed by atoms with Gasteiger partial charge in [0.05, 0.1) is 30.4 Å². The van der Waals surface area contributed by atoms with Gasteiger partial charge in [-0.2, -0.15) is 0 Å². The SMILES string of the molecule is COC(=O)NC(=O)c1ccsc1NC(=O)CCS(=O)(=O)c1ccc(OC)cc1. The van der Waals surface area contributed by atoms with Crippen molar-refractivity contribution >= 4 is 44.1 Å². The molecule has 1 aromatic heterocycles. The lowest BCUT2D eigenvalue weighted by Crippen LogP contribution is -2.30. The van der Waals surface area contributed by atoms with Gasteiger partial charge in [0.25, 0.3) is 5.91 Å². The van der Waals surface area contributed by atoms with Gasteiger partial charge in [-0.05, 0) is 35.7 Å². The zero-order chi connectivity index (χ0) is 20.7. The molecule has 0 radical (unpaired) electrons. The first-order valence-electron chi connectivity index (χ1n) is 7.90. The van der Waals surface area contributed by atoms with E-state index in [0.29, 0.717) is 5.75 Å². The van der Waals surface area contributed by atoms with Crippen LogP contribution in [0.4, 0.5) is 9.80 Å². The number of sulfone groups is 1. The fourth-order valence-corrected chi connectivity index (χ4v) is 4.15. The molecule has 0 atom stereocenters. The molecule has 0 aliphatic rings. The fourth-order valence-electron chi connectivity index (χ4n) is 2.11. The van der Waals surface area contributed by atoms with Crippen molar-refractivity contribution < 1.29 is 32.3 Å². The minimum Gasteiger partial charge on any atom is -0.497 e. The highest BCUT2D eigenvalue weighted by atomic mass is 32.2. The summed E-state index contributed by atoms with van der Waals surface area (Å²) in [5.41, 5.74) is 0.0711. The Morgan fingerprint density at radius 2 is 1.75 bits per heavy atom. The Hall–Kier alpha value is -2.92. The highest BCUT2D eigenvalue weighted by molar-refractivity contribution is 7.91. The lowest BCUT2D eigenvalue weighted by molar-refractivity contribution is -0.115. The molecule has 28 heavy (non-hydrogen) atoms. The number of carbonyl (C=O) groups is 3. The number of anilines is 1. The topological polar surface area (TPSA) is 128 Å². The molecule has 0 unspecified atom stereocenters. The number of hydrogen-bond donors (Lipinski definition) is 2. The van der Waals surface area contributed by atoms with Gasteiger partial charge < -0.3 is 14.8 Å². The van der Waals surface area contributed by atoms with Crippen molar-refractivity contribution in [3.8, 4) is 5.75 Å². The van der Waals surface area contributed by atoms with Crippen LogP contribution in [0.5, 0.6) is 5.75 Å². The number of amides is 3. The van der Waals surface area contributed by atoms with Gasteiger partial charge in [0.2, 0.25) is 5.91 Å². The van der Waals surface area contributed by atoms with Gasteiger partial charge in [-0.3, -0.25) is 14.9 Å². The standard InChI is InChI=1S/C17H18N2O7S2/c1-25-11-3-5-12(6-4-11)28(23,24)10-8-14(20)18-16-13(7-9-27-16)15(21)19-17(22)26-2/h3-7,9H,8,10H2,1-2H3,(H,18,20)(H,19,21,22). The van der Waals surface area contributed by atoms with Gasteiger partial charge in [0.15, 0.2) is 9.84 Å². The van der Waals surface area contributed by atoms with E-state index in [1.165, 1.54) is 37.4 Å². The summed E-state index contributed by atoms with van der Waals surface area (Å²) in [5.74, 6) is -1.20. The zero-order valence-electron chi connectivity index (χ0n) is 15.1. The number of methoxy groups -OCH3 is 2. The van der Waals surface area contributed by atoms with Crippen molar-refractivity contribution in [1.82, 2.24) is 5.32 Å². The molecular weight excluding hydrogens is 408 g/mol. The minimum atomic E-state index is -3.66. The van der Waals surface area contributed by atoms with E-state index in [9.17, 15) is 22.8 Å². The summed E-state index contributed by atoms with van der Waals surface area (Å²) in [6.45, 7) is 0. The van der Waals surface area contributed by atoms with Crippen molar-refractivity contribution in [3.63, 3.8) is 0 Å². The van der Waals surface area contributed by atoms with Crippen molar-refractivity contribution in [1.29, 1.82) is 0 Å². The maximum atomic E-state index is 12.3. The zero-order valence-corrected chi connectivity index (χ0v) is 16.7. The molecule has 0 spiro atoms. The van der Waals surface area contributed by atoms with Crippen molar-refractivity contribution in [2.24, 2.45) is 0 Å². The molecule has 0 bridgehead atoms. The molecule has 11 heteroatoms. The lowest BCUT2D eigenvalue weighted by Gasteiger charge is -2.08. The van der Waals surface area contributed by atoms with E-state index in [1.807, 2.05) is 5.32 Å². The molecule has 2 rings (SSSR count). The van der Waals surface area contributed by atoms with Crippen molar-refractivity contribution in [2.45, 2.75) is 11.3 Å². The van der Waals surface area contributed by atoms with Crippen LogP contribution in [-0.4, -0.2) is 46.3 Å². The highest BCUT2D eigenvalue weighted by Gasteiger charge is 2.20. The second kappa shape index (κ2) is 9.33. The average molecular weight is 426 g/mol. The molecule has 1 aromatic carbocycles. The van der Waals surface area contributed by atoms with Crippen LogP contribution in [0, 0.1) is 0 Å².